The first kappa shape index (κ1) is 17.0. The smallest absolute Gasteiger partial charge is 0.255 e. The summed E-state index contributed by atoms with van der Waals surface area (Å²) < 4.78 is 6.22. The molecule has 2 fully saturated rings. The number of thiazole rings is 1. The summed E-state index contributed by atoms with van der Waals surface area (Å²) in [5.74, 6) is 1.08. The van der Waals surface area contributed by atoms with Crippen molar-refractivity contribution in [3.05, 3.63) is 45.7 Å². The van der Waals surface area contributed by atoms with Crippen LogP contribution >= 0.6 is 23.1 Å². The topological polar surface area (TPSA) is 55.3 Å². The van der Waals surface area contributed by atoms with Gasteiger partial charge in [-0.1, -0.05) is 0 Å². The van der Waals surface area contributed by atoms with E-state index >= 15 is 0 Å². The summed E-state index contributed by atoms with van der Waals surface area (Å²) in [4.78, 5) is 23.0. The Morgan fingerprint density at radius 1 is 1.40 bits per heavy atom. The van der Waals surface area contributed by atoms with E-state index in [1.807, 2.05) is 36.6 Å². The Balaban J connectivity index is 1.29. The number of amides is 1. The van der Waals surface area contributed by atoms with Gasteiger partial charge in [0.1, 0.15) is 0 Å². The molecule has 1 spiro atoms. The van der Waals surface area contributed by atoms with E-state index in [4.69, 9.17) is 4.74 Å². The number of hydrogen-bond donors (Lipinski definition) is 0. The average molecular weight is 376 g/mol. The number of aryl methyl sites for hydroxylation is 2. The van der Waals surface area contributed by atoms with Crippen LogP contribution in [0.3, 0.4) is 0 Å². The number of rotatable bonds is 4. The number of ether oxygens (including phenoxy) is 1. The van der Waals surface area contributed by atoms with Crippen molar-refractivity contribution < 1.29 is 9.53 Å². The zero-order valence-corrected chi connectivity index (χ0v) is 16.0. The van der Waals surface area contributed by atoms with E-state index in [9.17, 15) is 4.79 Å². The van der Waals surface area contributed by atoms with E-state index in [-0.39, 0.29) is 16.8 Å². The molecule has 0 aromatic carbocycles. The Morgan fingerprint density at radius 3 is 2.96 bits per heavy atom. The number of carbonyl (C=O) groups excluding carboxylic acids is 1. The lowest BCUT2D eigenvalue weighted by atomic mass is 9.92. The van der Waals surface area contributed by atoms with Crippen LogP contribution in [0.5, 0.6) is 0 Å². The standard InChI is InChI=1S/C18H21N3O2S2/c1-12-3-14(6-19-5-12)17(22)21-10-18(11-21)4-16(9-25-18)23-7-15-8-24-13(2)20-15/h3,5-6,8,16H,4,7,9-11H2,1-2H3/t16-/m0/s1. The second-order valence-electron chi connectivity index (χ2n) is 6.90. The van der Waals surface area contributed by atoms with Gasteiger partial charge < -0.3 is 9.64 Å². The second kappa shape index (κ2) is 6.70. The van der Waals surface area contributed by atoms with Crippen molar-refractivity contribution in [2.45, 2.75) is 37.7 Å². The van der Waals surface area contributed by atoms with Crippen molar-refractivity contribution in [3.63, 3.8) is 0 Å². The van der Waals surface area contributed by atoms with E-state index in [0.29, 0.717) is 12.2 Å². The molecule has 5 nitrogen and oxygen atoms in total. The highest BCUT2D eigenvalue weighted by atomic mass is 32.2. The number of hydrogen-bond acceptors (Lipinski definition) is 6. The highest BCUT2D eigenvalue weighted by molar-refractivity contribution is 8.01. The fraction of sp³-hybridized carbons (Fsp3) is 0.500. The quantitative estimate of drug-likeness (QED) is 0.822. The lowest BCUT2D eigenvalue weighted by Gasteiger charge is -2.47. The summed E-state index contributed by atoms with van der Waals surface area (Å²) in [6, 6.07) is 1.91. The number of aromatic nitrogens is 2. The number of likely N-dealkylation sites (tertiary alicyclic amines) is 1. The van der Waals surface area contributed by atoms with Crippen molar-refractivity contribution in [2.75, 3.05) is 18.8 Å². The zero-order valence-electron chi connectivity index (χ0n) is 14.4. The highest BCUT2D eigenvalue weighted by Crippen LogP contribution is 2.46. The lowest BCUT2D eigenvalue weighted by Crippen LogP contribution is -2.60. The summed E-state index contributed by atoms with van der Waals surface area (Å²) in [7, 11) is 0. The third kappa shape index (κ3) is 3.59. The maximum Gasteiger partial charge on any atom is 0.255 e. The Bertz CT molecular complexity index is 786. The van der Waals surface area contributed by atoms with E-state index in [1.54, 1.807) is 23.7 Å². The molecular formula is C18H21N3O2S2. The van der Waals surface area contributed by atoms with Crippen LogP contribution in [0, 0.1) is 13.8 Å². The number of thioether (sulfide) groups is 1. The Kier molecular flexibility index (Phi) is 4.56. The predicted molar refractivity (Wildman–Crippen MR) is 100 cm³/mol. The third-order valence-electron chi connectivity index (χ3n) is 4.68. The molecule has 25 heavy (non-hydrogen) atoms. The molecule has 1 atom stereocenters. The first-order valence-electron chi connectivity index (χ1n) is 8.40. The van der Waals surface area contributed by atoms with Gasteiger partial charge in [0, 0.05) is 36.6 Å². The number of nitrogens with zero attached hydrogens (tertiary/aromatic N) is 3. The SMILES string of the molecule is Cc1cncc(C(=O)N2CC3(C[C@H](OCc4csc(C)n4)CS3)C2)c1. The molecule has 0 radical (unpaired) electrons. The minimum atomic E-state index is 0.0877. The van der Waals surface area contributed by atoms with Crippen LogP contribution in [0.25, 0.3) is 0 Å². The maximum absolute atomic E-state index is 12.6. The van der Waals surface area contributed by atoms with Gasteiger partial charge in [-0.3, -0.25) is 9.78 Å². The average Bonchev–Trinajstić information content (AvgIpc) is 3.17. The number of pyridine rings is 1. The van der Waals surface area contributed by atoms with Gasteiger partial charge in [-0.15, -0.1) is 23.1 Å². The Hall–Kier alpha value is -1.44. The summed E-state index contributed by atoms with van der Waals surface area (Å²) in [5, 5.41) is 3.14. The Morgan fingerprint density at radius 2 is 2.24 bits per heavy atom. The second-order valence-corrected chi connectivity index (χ2v) is 9.45. The van der Waals surface area contributed by atoms with Crippen LogP contribution in [0.1, 0.15) is 33.0 Å². The van der Waals surface area contributed by atoms with E-state index in [2.05, 4.69) is 15.3 Å². The van der Waals surface area contributed by atoms with Crippen molar-refractivity contribution in [1.82, 2.24) is 14.9 Å². The van der Waals surface area contributed by atoms with Crippen molar-refractivity contribution in [2.24, 2.45) is 0 Å². The van der Waals surface area contributed by atoms with Crippen molar-refractivity contribution >= 4 is 29.0 Å². The fourth-order valence-electron chi connectivity index (χ4n) is 3.46. The van der Waals surface area contributed by atoms with E-state index in [1.165, 1.54) is 0 Å². The minimum absolute atomic E-state index is 0.0877. The van der Waals surface area contributed by atoms with E-state index in [0.717, 1.165) is 41.5 Å². The van der Waals surface area contributed by atoms with Gasteiger partial charge >= 0.3 is 0 Å². The minimum Gasteiger partial charge on any atom is -0.371 e. The zero-order chi connectivity index (χ0) is 17.4. The van der Waals surface area contributed by atoms with Gasteiger partial charge in [-0.05, 0) is 31.9 Å². The predicted octanol–water partition coefficient (Wildman–Crippen LogP) is 3.07. The van der Waals surface area contributed by atoms with Crippen LogP contribution in [0.4, 0.5) is 0 Å². The molecular weight excluding hydrogens is 354 g/mol. The molecule has 2 aliphatic rings. The van der Waals surface area contributed by atoms with Gasteiger partial charge in [0.2, 0.25) is 0 Å². The molecule has 7 heteroatoms. The van der Waals surface area contributed by atoms with Crippen molar-refractivity contribution in [3.8, 4) is 0 Å². The molecule has 132 valence electrons. The Labute approximate surface area is 155 Å². The first-order chi connectivity index (χ1) is 12.0. The molecule has 0 bridgehead atoms. The van der Waals surface area contributed by atoms with Gasteiger partial charge in [-0.2, -0.15) is 0 Å². The summed E-state index contributed by atoms with van der Waals surface area (Å²) >= 11 is 3.61. The molecule has 2 aromatic heterocycles. The molecule has 2 aromatic rings. The van der Waals surface area contributed by atoms with Gasteiger partial charge in [0.25, 0.3) is 5.91 Å². The van der Waals surface area contributed by atoms with E-state index < -0.39 is 0 Å². The van der Waals surface area contributed by atoms with Gasteiger partial charge in [0.05, 0.1) is 33.7 Å². The van der Waals surface area contributed by atoms with Crippen LogP contribution in [-0.2, 0) is 11.3 Å². The maximum atomic E-state index is 12.6. The van der Waals surface area contributed by atoms with Crippen LogP contribution in [0.2, 0.25) is 0 Å². The molecule has 0 saturated carbocycles. The van der Waals surface area contributed by atoms with Crippen LogP contribution < -0.4 is 0 Å². The lowest BCUT2D eigenvalue weighted by molar-refractivity contribution is 0.0246. The fourth-order valence-corrected chi connectivity index (χ4v) is 5.60. The summed E-state index contributed by atoms with van der Waals surface area (Å²) in [5.41, 5.74) is 2.72. The van der Waals surface area contributed by atoms with Gasteiger partial charge in [-0.25, -0.2) is 4.98 Å². The van der Waals surface area contributed by atoms with Crippen LogP contribution in [-0.4, -0.2) is 50.5 Å². The van der Waals surface area contributed by atoms with Crippen molar-refractivity contribution in [1.29, 1.82) is 0 Å². The normalized spacial score (nSPS) is 21.5. The van der Waals surface area contributed by atoms with Gasteiger partial charge in [0.15, 0.2) is 0 Å². The largest absolute Gasteiger partial charge is 0.371 e. The molecule has 0 unspecified atom stereocenters. The monoisotopic (exact) mass is 375 g/mol. The molecule has 0 N–H and O–H groups in total. The highest BCUT2D eigenvalue weighted by Gasteiger charge is 2.51. The molecule has 2 aliphatic heterocycles. The molecule has 4 heterocycles. The molecule has 4 rings (SSSR count). The molecule has 0 aliphatic carbocycles. The third-order valence-corrected chi connectivity index (χ3v) is 7.07. The molecule has 1 amide bonds. The number of carbonyl (C=O) groups is 1. The first-order valence-corrected chi connectivity index (χ1v) is 10.3. The summed E-state index contributed by atoms with van der Waals surface area (Å²) in [6.45, 7) is 6.17. The summed E-state index contributed by atoms with van der Waals surface area (Å²) in [6.07, 6.45) is 4.69. The van der Waals surface area contributed by atoms with Crippen LogP contribution in [0.15, 0.2) is 23.8 Å². The molecule has 2 saturated heterocycles.